The number of carbonyl (C=O) groups is 2. The second-order valence-electron chi connectivity index (χ2n) is 9.86. The van der Waals surface area contributed by atoms with Crippen molar-refractivity contribution < 1.29 is 22.4 Å². The summed E-state index contributed by atoms with van der Waals surface area (Å²) in [6, 6.07) is 19.1. The minimum Gasteiger partial charge on any atom is -0.354 e. The Morgan fingerprint density at radius 2 is 1.68 bits per heavy atom. The Kier molecular flexibility index (Phi) is 11.1. The van der Waals surface area contributed by atoms with Crippen molar-refractivity contribution in [2.24, 2.45) is 5.92 Å². The average Bonchev–Trinajstić information content (AvgIpc) is 2.89. The molecule has 1 N–H and O–H groups in total. The van der Waals surface area contributed by atoms with E-state index in [1.807, 2.05) is 68.4 Å². The van der Waals surface area contributed by atoms with Crippen LogP contribution in [0.2, 0.25) is 5.02 Å². The fraction of sp³-hybridized carbons (Fsp3) is 0.310. The van der Waals surface area contributed by atoms with Crippen LogP contribution < -0.4 is 9.62 Å². The van der Waals surface area contributed by atoms with Crippen molar-refractivity contribution in [3.63, 3.8) is 0 Å². The maximum absolute atomic E-state index is 14.0. The van der Waals surface area contributed by atoms with Gasteiger partial charge in [0.1, 0.15) is 18.4 Å². The maximum Gasteiger partial charge on any atom is 0.244 e. The molecular weight excluding hydrogens is 621 g/mol. The molecule has 11 heteroatoms. The normalized spacial score (nSPS) is 12.2. The molecule has 0 aliphatic rings. The van der Waals surface area contributed by atoms with Crippen molar-refractivity contribution in [1.82, 2.24) is 10.2 Å². The fourth-order valence-electron chi connectivity index (χ4n) is 4.06. The van der Waals surface area contributed by atoms with Crippen LogP contribution >= 0.6 is 27.5 Å². The van der Waals surface area contributed by atoms with Gasteiger partial charge in [0.25, 0.3) is 0 Å². The van der Waals surface area contributed by atoms with E-state index in [1.165, 1.54) is 11.0 Å². The van der Waals surface area contributed by atoms with E-state index in [0.29, 0.717) is 6.54 Å². The van der Waals surface area contributed by atoms with E-state index in [4.69, 9.17) is 11.6 Å². The Bertz CT molecular complexity index is 1440. The molecule has 40 heavy (non-hydrogen) atoms. The van der Waals surface area contributed by atoms with Gasteiger partial charge < -0.3 is 10.2 Å². The highest BCUT2D eigenvalue weighted by molar-refractivity contribution is 9.10. The summed E-state index contributed by atoms with van der Waals surface area (Å²) >= 11 is 9.37. The molecular formula is C29H32BrClFN3O4S. The smallest absolute Gasteiger partial charge is 0.244 e. The van der Waals surface area contributed by atoms with Gasteiger partial charge in [0.2, 0.25) is 21.8 Å². The van der Waals surface area contributed by atoms with Gasteiger partial charge in [0, 0.05) is 24.0 Å². The van der Waals surface area contributed by atoms with Crippen LogP contribution in [0.15, 0.2) is 77.3 Å². The molecule has 1 atom stereocenters. The third-order valence-corrected chi connectivity index (χ3v) is 7.99. The first kappa shape index (κ1) is 31.6. The Hall–Kier alpha value is -2.95. The molecule has 0 aliphatic heterocycles. The minimum atomic E-state index is -3.99. The maximum atomic E-state index is 14.0. The van der Waals surface area contributed by atoms with Crippen molar-refractivity contribution in [3.8, 4) is 0 Å². The van der Waals surface area contributed by atoms with Crippen molar-refractivity contribution in [1.29, 1.82) is 0 Å². The van der Waals surface area contributed by atoms with Gasteiger partial charge in [-0.1, -0.05) is 83.8 Å². The van der Waals surface area contributed by atoms with Crippen molar-refractivity contribution in [3.05, 3.63) is 99.2 Å². The zero-order chi connectivity index (χ0) is 29.4. The summed E-state index contributed by atoms with van der Waals surface area (Å²) < 4.78 is 41.1. The molecule has 0 fully saturated rings. The third-order valence-electron chi connectivity index (χ3n) is 6.07. The van der Waals surface area contributed by atoms with Crippen LogP contribution in [0.4, 0.5) is 10.1 Å². The quantitative estimate of drug-likeness (QED) is 0.283. The molecule has 3 rings (SSSR count). The van der Waals surface area contributed by atoms with Crippen LogP contribution in [-0.2, 0) is 32.6 Å². The van der Waals surface area contributed by atoms with Gasteiger partial charge in [0.15, 0.2) is 0 Å². The molecule has 214 valence electrons. The average molecular weight is 653 g/mol. The number of sulfonamides is 1. The number of benzene rings is 3. The topological polar surface area (TPSA) is 86.8 Å². The number of nitrogens with zero attached hydrogens (tertiary/aromatic N) is 2. The standard InChI is InChI=1S/C29H32BrClFN3O4S/c1-20(2)17-33-29(37)27(15-21-8-5-4-6-9-21)34(18-22-10-7-11-23(30)14-22)28(36)19-35(40(3,38)39)24-12-13-26(32)25(31)16-24/h4-14,16,20,27H,15,17-19H2,1-3H3,(H,33,37)/t27-/m1/s1. The summed E-state index contributed by atoms with van der Waals surface area (Å²) in [5.74, 6) is -1.49. The Morgan fingerprint density at radius 1 is 1.00 bits per heavy atom. The summed E-state index contributed by atoms with van der Waals surface area (Å²) in [4.78, 5) is 29.0. The number of hydrogen-bond donors (Lipinski definition) is 1. The number of hydrogen-bond acceptors (Lipinski definition) is 4. The van der Waals surface area contributed by atoms with Gasteiger partial charge in [-0.05, 0) is 47.4 Å². The Balaban J connectivity index is 2.06. The van der Waals surface area contributed by atoms with E-state index in [0.717, 1.165) is 38.3 Å². The third kappa shape index (κ3) is 9.04. The number of carbonyl (C=O) groups excluding carboxylic acids is 2. The molecule has 0 radical (unpaired) electrons. The zero-order valence-electron chi connectivity index (χ0n) is 22.5. The zero-order valence-corrected chi connectivity index (χ0v) is 25.6. The number of nitrogens with one attached hydrogen (secondary N) is 1. The summed E-state index contributed by atoms with van der Waals surface area (Å²) in [5.41, 5.74) is 1.62. The molecule has 0 bridgehead atoms. The molecule has 0 saturated heterocycles. The largest absolute Gasteiger partial charge is 0.354 e. The van der Waals surface area contributed by atoms with Gasteiger partial charge in [-0.2, -0.15) is 0 Å². The first-order chi connectivity index (χ1) is 18.8. The van der Waals surface area contributed by atoms with Crippen LogP contribution in [0, 0.1) is 11.7 Å². The van der Waals surface area contributed by atoms with E-state index in [1.54, 1.807) is 0 Å². The fourth-order valence-corrected chi connectivity index (χ4v) is 5.53. The highest BCUT2D eigenvalue weighted by atomic mass is 79.9. The number of halogens is 3. The van der Waals surface area contributed by atoms with Crippen molar-refractivity contribution >= 4 is 55.1 Å². The second-order valence-corrected chi connectivity index (χ2v) is 13.1. The molecule has 0 saturated carbocycles. The van der Waals surface area contributed by atoms with Crippen LogP contribution in [0.3, 0.4) is 0 Å². The lowest BCUT2D eigenvalue weighted by Gasteiger charge is -2.33. The predicted octanol–water partition coefficient (Wildman–Crippen LogP) is 5.42. The molecule has 3 aromatic carbocycles. The second kappa shape index (κ2) is 14.1. The van der Waals surface area contributed by atoms with E-state index in [2.05, 4.69) is 21.2 Å². The first-order valence-corrected chi connectivity index (χ1v) is 15.7. The van der Waals surface area contributed by atoms with E-state index < -0.39 is 34.3 Å². The van der Waals surface area contributed by atoms with Gasteiger partial charge >= 0.3 is 0 Å². The number of rotatable bonds is 12. The number of amides is 2. The molecule has 3 aromatic rings. The van der Waals surface area contributed by atoms with Gasteiger partial charge in [-0.25, -0.2) is 12.8 Å². The lowest BCUT2D eigenvalue weighted by atomic mass is 10.0. The molecule has 0 heterocycles. The predicted molar refractivity (Wildman–Crippen MR) is 160 cm³/mol. The monoisotopic (exact) mass is 651 g/mol. The lowest BCUT2D eigenvalue weighted by Crippen LogP contribution is -2.53. The van der Waals surface area contributed by atoms with Crippen molar-refractivity contribution in [2.75, 3.05) is 23.7 Å². The van der Waals surface area contributed by atoms with Crippen LogP contribution in [0.25, 0.3) is 0 Å². The SMILES string of the molecule is CC(C)CNC(=O)[C@@H](Cc1ccccc1)N(Cc1cccc(Br)c1)C(=O)CN(c1ccc(F)c(Cl)c1)S(C)(=O)=O. The highest BCUT2D eigenvalue weighted by Gasteiger charge is 2.33. The highest BCUT2D eigenvalue weighted by Crippen LogP contribution is 2.25. The van der Waals surface area contributed by atoms with Gasteiger partial charge in [0.05, 0.1) is 17.0 Å². The molecule has 0 aromatic heterocycles. The Labute approximate surface area is 248 Å². The van der Waals surface area contributed by atoms with Crippen molar-refractivity contribution in [2.45, 2.75) is 32.9 Å². The van der Waals surface area contributed by atoms with Gasteiger partial charge in [-0.15, -0.1) is 0 Å². The van der Waals surface area contributed by atoms with E-state index >= 15 is 0 Å². The van der Waals surface area contributed by atoms with E-state index in [-0.39, 0.29) is 35.5 Å². The summed E-state index contributed by atoms with van der Waals surface area (Å²) in [5, 5.41) is 2.65. The van der Waals surface area contributed by atoms with E-state index in [9.17, 15) is 22.4 Å². The Morgan fingerprint density at radius 3 is 2.27 bits per heavy atom. The van der Waals surface area contributed by atoms with Crippen LogP contribution in [0.1, 0.15) is 25.0 Å². The first-order valence-electron chi connectivity index (χ1n) is 12.6. The lowest BCUT2D eigenvalue weighted by molar-refractivity contribution is -0.140. The molecule has 7 nitrogen and oxygen atoms in total. The summed E-state index contributed by atoms with van der Waals surface area (Å²) in [6.07, 6.45) is 1.17. The molecule has 0 aliphatic carbocycles. The number of anilines is 1. The summed E-state index contributed by atoms with van der Waals surface area (Å²) in [7, 11) is -3.99. The van der Waals surface area contributed by atoms with Crippen LogP contribution in [-0.4, -0.2) is 50.5 Å². The molecule has 0 spiro atoms. The summed E-state index contributed by atoms with van der Waals surface area (Å²) in [6.45, 7) is 3.78. The van der Waals surface area contributed by atoms with Crippen LogP contribution in [0.5, 0.6) is 0 Å². The minimum absolute atomic E-state index is 0.0357. The molecule has 0 unspecified atom stereocenters. The molecule has 2 amide bonds. The van der Waals surface area contributed by atoms with Gasteiger partial charge in [-0.3, -0.25) is 13.9 Å².